The molecule has 1 aliphatic rings. The number of allylic oxidation sites excluding steroid dienone is 2. The highest BCUT2D eigenvalue weighted by molar-refractivity contribution is 5.64. The van der Waals surface area contributed by atoms with Crippen molar-refractivity contribution < 1.29 is 8.78 Å². The van der Waals surface area contributed by atoms with Gasteiger partial charge in [-0.25, -0.2) is 8.78 Å². The largest absolute Gasteiger partial charge is 0.207 e. The van der Waals surface area contributed by atoms with Crippen molar-refractivity contribution in [3.63, 3.8) is 0 Å². The summed E-state index contributed by atoms with van der Waals surface area (Å²) in [5, 5.41) is 0. The summed E-state index contributed by atoms with van der Waals surface area (Å²) in [4.78, 5) is 0. The van der Waals surface area contributed by atoms with Gasteiger partial charge >= 0.3 is 0 Å². The van der Waals surface area contributed by atoms with E-state index in [-0.39, 0.29) is 5.56 Å². The number of benzene rings is 3. The van der Waals surface area contributed by atoms with E-state index in [0.29, 0.717) is 30.2 Å². The van der Waals surface area contributed by atoms with Gasteiger partial charge in [0.15, 0.2) is 0 Å². The summed E-state index contributed by atoms with van der Waals surface area (Å²) in [6.45, 7) is 4.26. The Bertz CT molecular complexity index is 1050. The standard InChI is InChI=1S/C32H36F2/c1-3-4-6-11-30-31(33)21-29(22-32(30)34)28-18-16-27(17-19-28)26-14-12-24(13-15-26)20-23(2)25-9-7-5-8-10-25/h3-5,7-10,16-19,21-24,26H,6,11-15,20H2,1-2H3/t23-,24?,26?/m0/s1. The van der Waals surface area contributed by atoms with E-state index in [0.717, 1.165) is 11.5 Å². The van der Waals surface area contributed by atoms with E-state index in [4.69, 9.17) is 0 Å². The van der Waals surface area contributed by atoms with E-state index in [2.05, 4.69) is 49.4 Å². The van der Waals surface area contributed by atoms with Crippen LogP contribution in [0.15, 0.2) is 78.9 Å². The third-order valence-corrected chi connectivity index (χ3v) is 7.56. The second-order valence-electron chi connectivity index (χ2n) is 9.91. The molecule has 1 saturated carbocycles. The Morgan fingerprint density at radius 3 is 2.12 bits per heavy atom. The Morgan fingerprint density at radius 1 is 0.853 bits per heavy atom. The van der Waals surface area contributed by atoms with Crippen LogP contribution in [0.5, 0.6) is 0 Å². The van der Waals surface area contributed by atoms with Crippen molar-refractivity contribution in [3.05, 3.63) is 107 Å². The van der Waals surface area contributed by atoms with E-state index in [1.54, 1.807) is 0 Å². The summed E-state index contributed by atoms with van der Waals surface area (Å²) in [6, 6.07) is 22.1. The lowest BCUT2D eigenvalue weighted by molar-refractivity contribution is 0.297. The molecule has 0 amide bonds. The molecule has 3 aromatic carbocycles. The molecule has 0 unspecified atom stereocenters. The van der Waals surface area contributed by atoms with E-state index < -0.39 is 11.6 Å². The van der Waals surface area contributed by atoms with Crippen molar-refractivity contribution in [2.75, 3.05) is 0 Å². The van der Waals surface area contributed by atoms with Gasteiger partial charge in [0, 0.05) is 5.56 Å². The lowest BCUT2D eigenvalue weighted by Gasteiger charge is -2.30. The maximum absolute atomic E-state index is 14.6. The SMILES string of the molecule is CC=CCCc1c(F)cc(-c2ccc(C3CCC(C[C@H](C)c4ccccc4)CC3)cc2)cc1F. The molecule has 1 fully saturated rings. The van der Waals surface area contributed by atoms with Gasteiger partial charge in [-0.1, -0.05) is 73.7 Å². The van der Waals surface area contributed by atoms with Gasteiger partial charge in [0.25, 0.3) is 0 Å². The zero-order chi connectivity index (χ0) is 23.9. The van der Waals surface area contributed by atoms with Gasteiger partial charge < -0.3 is 0 Å². The molecule has 34 heavy (non-hydrogen) atoms. The molecule has 0 nitrogen and oxygen atoms in total. The predicted octanol–water partition coefficient (Wildman–Crippen LogP) is 9.61. The monoisotopic (exact) mass is 458 g/mol. The third-order valence-electron chi connectivity index (χ3n) is 7.56. The van der Waals surface area contributed by atoms with Gasteiger partial charge in [-0.15, -0.1) is 0 Å². The van der Waals surface area contributed by atoms with Crippen LogP contribution in [-0.4, -0.2) is 0 Å². The van der Waals surface area contributed by atoms with Crippen LogP contribution >= 0.6 is 0 Å². The molecule has 1 atom stereocenters. The van der Waals surface area contributed by atoms with Gasteiger partial charge in [0.1, 0.15) is 11.6 Å². The lowest BCUT2D eigenvalue weighted by atomic mass is 9.75. The maximum atomic E-state index is 14.6. The van der Waals surface area contributed by atoms with Crippen molar-refractivity contribution in [2.24, 2.45) is 5.92 Å². The first-order chi connectivity index (χ1) is 16.5. The summed E-state index contributed by atoms with van der Waals surface area (Å²) < 4.78 is 29.1. The minimum Gasteiger partial charge on any atom is -0.207 e. The molecule has 4 rings (SSSR count). The molecular weight excluding hydrogens is 422 g/mol. The average molecular weight is 459 g/mol. The average Bonchev–Trinajstić information content (AvgIpc) is 2.87. The Morgan fingerprint density at radius 2 is 1.50 bits per heavy atom. The summed E-state index contributed by atoms with van der Waals surface area (Å²) in [5.74, 6) is 1.08. The zero-order valence-electron chi connectivity index (χ0n) is 20.4. The molecule has 0 bridgehead atoms. The molecule has 0 spiro atoms. The molecule has 0 saturated heterocycles. The molecule has 0 heterocycles. The molecule has 1 aliphatic carbocycles. The van der Waals surface area contributed by atoms with Gasteiger partial charge in [-0.2, -0.15) is 0 Å². The first-order valence-corrected chi connectivity index (χ1v) is 12.8. The van der Waals surface area contributed by atoms with Crippen LogP contribution in [0.2, 0.25) is 0 Å². The number of rotatable bonds is 8. The van der Waals surface area contributed by atoms with Crippen LogP contribution in [0.3, 0.4) is 0 Å². The smallest absolute Gasteiger partial charge is 0.129 e. The second kappa shape index (κ2) is 11.6. The summed E-state index contributed by atoms with van der Waals surface area (Å²) in [7, 11) is 0. The third kappa shape index (κ3) is 6.03. The second-order valence-corrected chi connectivity index (χ2v) is 9.91. The molecular formula is C32H36F2. The highest BCUT2D eigenvalue weighted by Gasteiger charge is 2.24. The van der Waals surface area contributed by atoms with Crippen molar-refractivity contribution >= 4 is 0 Å². The molecule has 0 N–H and O–H groups in total. The Labute approximate surface area is 203 Å². The number of halogens is 2. The lowest BCUT2D eigenvalue weighted by Crippen LogP contribution is -2.15. The molecule has 0 radical (unpaired) electrons. The molecule has 178 valence electrons. The Hall–Kier alpha value is -2.74. The first kappa shape index (κ1) is 24.4. The van der Waals surface area contributed by atoms with Crippen LogP contribution < -0.4 is 0 Å². The van der Waals surface area contributed by atoms with Crippen LogP contribution in [0.25, 0.3) is 11.1 Å². The Balaban J connectivity index is 1.35. The number of hydrogen-bond donors (Lipinski definition) is 0. The highest BCUT2D eigenvalue weighted by Crippen LogP contribution is 2.40. The van der Waals surface area contributed by atoms with Crippen molar-refractivity contribution in [1.82, 2.24) is 0 Å². The van der Waals surface area contributed by atoms with E-state index in [1.807, 2.05) is 31.2 Å². The van der Waals surface area contributed by atoms with E-state index >= 15 is 0 Å². The van der Waals surface area contributed by atoms with E-state index in [1.165, 1.54) is 55.4 Å². The van der Waals surface area contributed by atoms with Crippen molar-refractivity contribution in [2.45, 2.75) is 70.6 Å². The fourth-order valence-corrected chi connectivity index (χ4v) is 5.50. The molecule has 2 heteroatoms. The number of hydrogen-bond acceptors (Lipinski definition) is 0. The minimum absolute atomic E-state index is 0.178. The van der Waals surface area contributed by atoms with E-state index in [9.17, 15) is 8.78 Å². The minimum atomic E-state index is -0.452. The van der Waals surface area contributed by atoms with Crippen LogP contribution in [0.4, 0.5) is 8.78 Å². The molecule has 3 aromatic rings. The van der Waals surface area contributed by atoms with Gasteiger partial charge in [0.05, 0.1) is 0 Å². The van der Waals surface area contributed by atoms with Gasteiger partial charge in [0.2, 0.25) is 0 Å². The quantitative estimate of drug-likeness (QED) is 0.295. The predicted molar refractivity (Wildman–Crippen MR) is 139 cm³/mol. The van der Waals surface area contributed by atoms with Crippen LogP contribution in [0.1, 0.15) is 80.9 Å². The first-order valence-electron chi connectivity index (χ1n) is 12.8. The molecule has 0 aliphatic heterocycles. The van der Waals surface area contributed by atoms with Crippen LogP contribution in [0, 0.1) is 17.6 Å². The van der Waals surface area contributed by atoms with Crippen molar-refractivity contribution in [3.8, 4) is 11.1 Å². The zero-order valence-corrected chi connectivity index (χ0v) is 20.4. The fraction of sp³-hybridized carbons (Fsp3) is 0.375. The highest BCUT2D eigenvalue weighted by atomic mass is 19.1. The van der Waals surface area contributed by atoms with Crippen LogP contribution in [-0.2, 0) is 6.42 Å². The summed E-state index contributed by atoms with van der Waals surface area (Å²) in [5.41, 5.74) is 4.44. The molecule has 0 aromatic heterocycles. The summed E-state index contributed by atoms with van der Waals surface area (Å²) in [6.07, 6.45) is 11.1. The normalized spacial score (nSPS) is 19.4. The van der Waals surface area contributed by atoms with Gasteiger partial charge in [-0.3, -0.25) is 0 Å². The summed E-state index contributed by atoms with van der Waals surface area (Å²) >= 11 is 0. The fourth-order valence-electron chi connectivity index (χ4n) is 5.50. The van der Waals surface area contributed by atoms with Gasteiger partial charge in [-0.05, 0) is 104 Å². The van der Waals surface area contributed by atoms with Crippen molar-refractivity contribution in [1.29, 1.82) is 0 Å². The maximum Gasteiger partial charge on any atom is 0.129 e. The topological polar surface area (TPSA) is 0 Å². The Kier molecular flexibility index (Phi) is 8.32.